The standard InChI is InChI=1S/C13H22N2S/c1-9(2)11-5-4-6-13(14,7-11)12-15-10(3)8-16-12/h8-9,11H,4-7,14H2,1-3H3. The Labute approximate surface area is 102 Å². The summed E-state index contributed by atoms with van der Waals surface area (Å²) in [5, 5.41) is 3.26. The average Bonchev–Trinajstić information content (AvgIpc) is 2.65. The van der Waals surface area contributed by atoms with Crippen LogP contribution in [0.3, 0.4) is 0 Å². The molecule has 3 heteroatoms. The minimum absolute atomic E-state index is 0.147. The summed E-state index contributed by atoms with van der Waals surface area (Å²) in [6.45, 7) is 6.67. The first-order valence-electron chi connectivity index (χ1n) is 6.23. The second-order valence-electron chi connectivity index (χ2n) is 5.55. The lowest BCUT2D eigenvalue weighted by Crippen LogP contribution is -2.42. The molecule has 1 fully saturated rings. The monoisotopic (exact) mass is 238 g/mol. The van der Waals surface area contributed by atoms with Gasteiger partial charge in [-0.25, -0.2) is 4.98 Å². The molecule has 1 aromatic heterocycles. The van der Waals surface area contributed by atoms with Crippen molar-refractivity contribution in [2.75, 3.05) is 0 Å². The molecule has 2 rings (SSSR count). The van der Waals surface area contributed by atoms with Crippen LogP contribution < -0.4 is 5.73 Å². The maximum Gasteiger partial charge on any atom is 0.113 e. The molecule has 2 nitrogen and oxygen atoms in total. The van der Waals surface area contributed by atoms with E-state index < -0.39 is 0 Å². The Hall–Kier alpha value is -0.410. The fraction of sp³-hybridized carbons (Fsp3) is 0.769. The van der Waals surface area contributed by atoms with Gasteiger partial charge in [-0.3, -0.25) is 0 Å². The van der Waals surface area contributed by atoms with Crippen molar-refractivity contribution in [2.24, 2.45) is 17.6 Å². The van der Waals surface area contributed by atoms with Crippen LogP contribution in [0.25, 0.3) is 0 Å². The van der Waals surface area contributed by atoms with Gasteiger partial charge in [-0.1, -0.05) is 26.7 Å². The minimum atomic E-state index is -0.147. The van der Waals surface area contributed by atoms with Gasteiger partial charge in [0.1, 0.15) is 5.01 Å². The fourth-order valence-corrected chi connectivity index (χ4v) is 3.65. The molecule has 2 N–H and O–H groups in total. The van der Waals surface area contributed by atoms with Crippen LogP contribution in [0.2, 0.25) is 0 Å². The zero-order chi connectivity index (χ0) is 11.8. The zero-order valence-electron chi connectivity index (χ0n) is 10.5. The van der Waals surface area contributed by atoms with Crippen molar-refractivity contribution in [2.45, 2.75) is 52.0 Å². The van der Waals surface area contributed by atoms with E-state index in [1.165, 1.54) is 12.8 Å². The third-order valence-electron chi connectivity index (χ3n) is 3.81. The lowest BCUT2D eigenvalue weighted by atomic mass is 9.72. The normalized spacial score (nSPS) is 30.9. The molecule has 0 bridgehead atoms. The molecule has 0 radical (unpaired) electrons. The van der Waals surface area contributed by atoms with E-state index in [-0.39, 0.29) is 5.54 Å². The lowest BCUT2D eigenvalue weighted by Gasteiger charge is -2.38. The molecule has 1 aromatic rings. The summed E-state index contributed by atoms with van der Waals surface area (Å²) in [6.07, 6.45) is 4.79. The van der Waals surface area contributed by atoms with E-state index >= 15 is 0 Å². The molecule has 2 atom stereocenters. The van der Waals surface area contributed by atoms with E-state index in [0.29, 0.717) is 0 Å². The molecule has 1 heterocycles. The van der Waals surface area contributed by atoms with Crippen LogP contribution in [0.1, 0.15) is 50.2 Å². The maximum absolute atomic E-state index is 6.57. The van der Waals surface area contributed by atoms with Crippen LogP contribution in [0.4, 0.5) is 0 Å². The summed E-state index contributed by atoms with van der Waals surface area (Å²) in [4.78, 5) is 4.59. The van der Waals surface area contributed by atoms with Crippen LogP contribution in [0.15, 0.2) is 5.38 Å². The number of rotatable bonds is 2. The van der Waals surface area contributed by atoms with E-state index in [1.54, 1.807) is 11.3 Å². The summed E-state index contributed by atoms with van der Waals surface area (Å²) in [7, 11) is 0. The highest BCUT2D eigenvalue weighted by Crippen LogP contribution is 2.41. The lowest BCUT2D eigenvalue weighted by molar-refractivity contribution is 0.183. The summed E-state index contributed by atoms with van der Waals surface area (Å²) in [5.74, 6) is 1.51. The molecule has 1 aliphatic rings. The second kappa shape index (κ2) is 4.46. The van der Waals surface area contributed by atoms with Gasteiger partial charge in [0.15, 0.2) is 0 Å². The predicted molar refractivity (Wildman–Crippen MR) is 69.5 cm³/mol. The Bertz CT molecular complexity index is 359. The molecule has 1 aliphatic carbocycles. The quantitative estimate of drug-likeness (QED) is 0.857. The first-order chi connectivity index (χ1) is 7.51. The molecular weight excluding hydrogens is 216 g/mol. The van der Waals surface area contributed by atoms with Gasteiger partial charge < -0.3 is 5.73 Å². The number of hydrogen-bond acceptors (Lipinski definition) is 3. The van der Waals surface area contributed by atoms with E-state index in [0.717, 1.165) is 35.4 Å². The topological polar surface area (TPSA) is 38.9 Å². The molecule has 2 unspecified atom stereocenters. The van der Waals surface area contributed by atoms with Crippen molar-refractivity contribution in [1.29, 1.82) is 0 Å². The Kier molecular flexibility index (Phi) is 3.36. The molecule has 1 saturated carbocycles. The van der Waals surface area contributed by atoms with E-state index in [9.17, 15) is 0 Å². The van der Waals surface area contributed by atoms with Crippen LogP contribution >= 0.6 is 11.3 Å². The Balaban J connectivity index is 2.18. The van der Waals surface area contributed by atoms with Crippen molar-refractivity contribution in [1.82, 2.24) is 4.98 Å². The van der Waals surface area contributed by atoms with Gasteiger partial charge in [-0.05, 0) is 31.6 Å². The molecule has 0 spiro atoms. The van der Waals surface area contributed by atoms with E-state index in [4.69, 9.17) is 5.73 Å². The smallest absolute Gasteiger partial charge is 0.113 e. The molecule has 0 amide bonds. The first-order valence-corrected chi connectivity index (χ1v) is 7.11. The molecule has 0 saturated heterocycles. The van der Waals surface area contributed by atoms with Crippen molar-refractivity contribution < 1.29 is 0 Å². The Morgan fingerprint density at radius 1 is 1.56 bits per heavy atom. The number of nitrogens with two attached hydrogens (primary N) is 1. The summed E-state index contributed by atoms with van der Waals surface area (Å²) in [6, 6.07) is 0. The van der Waals surface area contributed by atoms with Crippen LogP contribution in [-0.2, 0) is 5.54 Å². The third-order valence-corrected chi connectivity index (χ3v) is 4.99. The maximum atomic E-state index is 6.57. The van der Waals surface area contributed by atoms with E-state index in [2.05, 4.69) is 24.2 Å². The Morgan fingerprint density at radius 3 is 2.88 bits per heavy atom. The Morgan fingerprint density at radius 2 is 2.31 bits per heavy atom. The molecule has 90 valence electrons. The minimum Gasteiger partial charge on any atom is -0.319 e. The number of aromatic nitrogens is 1. The molecular formula is C13H22N2S. The fourth-order valence-electron chi connectivity index (χ4n) is 2.70. The van der Waals surface area contributed by atoms with Gasteiger partial charge in [-0.2, -0.15) is 0 Å². The summed E-state index contributed by atoms with van der Waals surface area (Å²) < 4.78 is 0. The second-order valence-corrected chi connectivity index (χ2v) is 6.41. The number of nitrogens with zero attached hydrogens (tertiary/aromatic N) is 1. The average molecular weight is 238 g/mol. The van der Waals surface area contributed by atoms with Gasteiger partial charge in [0, 0.05) is 11.1 Å². The number of hydrogen-bond donors (Lipinski definition) is 1. The number of thiazole rings is 1. The van der Waals surface area contributed by atoms with Crippen molar-refractivity contribution >= 4 is 11.3 Å². The van der Waals surface area contributed by atoms with Gasteiger partial charge in [-0.15, -0.1) is 11.3 Å². The third kappa shape index (κ3) is 2.30. The van der Waals surface area contributed by atoms with Crippen molar-refractivity contribution in [3.8, 4) is 0 Å². The molecule has 0 aliphatic heterocycles. The van der Waals surface area contributed by atoms with E-state index in [1.807, 2.05) is 6.92 Å². The summed E-state index contributed by atoms with van der Waals surface area (Å²) in [5.41, 5.74) is 7.53. The van der Waals surface area contributed by atoms with Crippen LogP contribution in [0, 0.1) is 18.8 Å². The number of aryl methyl sites for hydroxylation is 1. The predicted octanol–water partition coefficient (Wildman–Crippen LogP) is 3.45. The van der Waals surface area contributed by atoms with Crippen molar-refractivity contribution in [3.63, 3.8) is 0 Å². The largest absolute Gasteiger partial charge is 0.319 e. The van der Waals surface area contributed by atoms with Crippen LogP contribution in [-0.4, -0.2) is 4.98 Å². The zero-order valence-corrected chi connectivity index (χ0v) is 11.3. The van der Waals surface area contributed by atoms with Gasteiger partial charge >= 0.3 is 0 Å². The molecule has 0 aromatic carbocycles. The van der Waals surface area contributed by atoms with Gasteiger partial charge in [0.2, 0.25) is 0 Å². The summed E-state index contributed by atoms with van der Waals surface area (Å²) >= 11 is 1.73. The highest BCUT2D eigenvalue weighted by molar-refractivity contribution is 7.09. The van der Waals surface area contributed by atoms with Gasteiger partial charge in [0.05, 0.1) is 5.54 Å². The molecule has 16 heavy (non-hydrogen) atoms. The van der Waals surface area contributed by atoms with Crippen molar-refractivity contribution in [3.05, 3.63) is 16.1 Å². The van der Waals surface area contributed by atoms with Crippen LogP contribution in [0.5, 0.6) is 0 Å². The SMILES string of the molecule is Cc1csc(C2(N)CCCC(C(C)C)C2)n1. The van der Waals surface area contributed by atoms with Gasteiger partial charge in [0.25, 0.3) is 0 Å². The highest BCUT2D eigenvalue weighted by Gasteiger charge is 2.37. The highest BCUT2D eigenvalue weighted by atomic mass is 32.1. The first kappa shape index (κ1) is 12.1.